The standard InChI is InChI=1S/3C10H18O/c1-7(2)9-5-4-8(3)6-10(9)11;2*1-9(2)5-4-6-10(3)7-8-11/h8-11H,1,4-6H2,2-3H3;2*5,8,10H,4,6-7H2,1-3H3. The molecule has 1 N–H and O–H groups in total. The molecule has 0 aliphatic heterocycles. The van der Waals surface area contributed by atoms with Gasteiger partial charge in [-0.05, 0) is 97.3 Å². The second-order valence-electron chi connectivity index (χ2n) is 10.7. The Morgan fingerprint density at radius 2 is 1.30 bits per heavy atom. The zero-order valence-electron chi connectivity index (χ0n) is 23.0. The van der Waals surface area contributed by atoms with E-state index in [1.54, 1.807) is 0 Å². The summed E-state index contributed by atoms with van der Waals surface area (Å²) < 4.78 is 0. The van der Waals surface area contributed by atoms with Crippen molar-refractivity contribution in [2.45, 2.75) is 119 Å². The van der Waals surface area contributed by atoms with Crippen molar-refractivity contribution in [1.29, 1.82) is 0 Å². The second-order valence-corrected chi connectivity index (χ2v) is 10.7. The molecule has 0 radical (unpaired) electrons. The van der Waals surface area contributed by atoms with Crippen molar-refractivity contribution in [3.05, 3.63) is 35.5 Å². The number of aliphatic hydroxyl groups excluding tert-OH is 1. The molecule has 0 bridgehead atoms. The Labute approximate surface area is 205 Å². The number of hydrogen-bond acceptors (Lipinski definition) is 3. The molecule has 3 nitrogen and oxygen atoms in total. The fourth-order valence-electron chi connectivity index (χ4n) is 3.80. The molecule has 1 rings (SSSR count). The Hall–Kier alpha value is -1.48. The number of rotatable bonds is 11. The van der Waals surface area contributed by atoms with Gasteiger partial charge in [-0.2, -0.15) is 0 Å². The third-order valence-corrected chi connectivity index (χ3v) is 6.13. The molecule has 192 valence electrons. The Morgan fingerprint density at radius 3 is 1.61 bits per heavy atom. The van der Waals surface area contributed by atoms with Crippen molar-refractivity contribution in [2.75, 3.05) is 0 Å². The highest BCUT2D eigenvalue weighted by Gasteiger charge is 2.26. The summed E-state index contributed by atoms with van der Waals surface area (Å²) in [6.07, 6.45) is 15.5. The number of carbonyl (C=O) groups is 2. The lowest BCUT2D eigenvalue weighted by atomic mass is 9.78. The van der Waals surface area contributed by atoms with Crippen molar-refractivity contribution >= 4 is 12.6 Å². The topological polar surface area (TPSA) is 54.4 Å². The summed E-state index contributed by atoms with van der Waals surface area (Å²) in [5.74, 6) is 2.15. The van der Waals surface area contributed by atoms with Crippen LogP contribution in [0.25, 0.3) is 0 Å². The molecule has 0 saturated heterocycles. The van der Waals surface area contributed by atoms with Crippen LogP contribution in [0.15, 0.2) is 35.5 Å². The van der Waals surface area contributed by atoms with Crippen molar-refractivity contribution in [3.8, 4) is 0 Å². The lowest BCUT2D eigenvalue weighted by Gasteiger charge is -2.31. The van der Waals surface area contributed by atoms with Gasteiger partial charge in [0, 0.05) is 18.8 Å². The maximum Gasteiger partial charge on any atom is 0.120 e. The molecular formula is C30H54O3. The van der Waals surface area contributed by atoms with Gasteiger partial charge in [0.05, 0.1) is 6.10 Å². The van der Waals surface area contributed by atoms with Crippen LogP contribution in [0.2, 0.25) is 0 Å². The third kappa shape index (κ3) is 22.1. The highest BCUT2D eigenvalue weighted by Crippen LogP contribution is 2.32. The summed E-state index contributed by atoms with van der Waals surface area (Å²) in [5.41, 5.74) is 3.87. The van der Waals surface area contributed by atoms with Gasteiger partial charge in [0.25, 0.3) is 0 Å². The summed E-state index contributed by atoms with van der Waals surface area (Å²) in [6.45, 7) is 20.8. The molecule has 0 aromatic carbocycles. The first-order valence-electron chi connectivity index (χ1n) is 12.9. The molecule has 1 saturated carbocycles. The fourth-order valence-corrected chi connectivity index (χ4v) is 3.80. The Balaban J connectivity index is 0. The molecule has 5 atom stereocenters. The van der Waals surface area contributed by atoms with E-state index >= 15 is 0 Å². The molecule has 0 amide bonds. The van der Waals surface area contributed by atoms with Gasteiger partial charge in [-0.3, -0.25) is 0 Å². The fraction of sp³-hybridized carbons (Fsp3) is 0.733. The summed E-state index contributed by atoms with van der Waals surface area (Å²) in [5, 5.41) is 9.65. The number of aliphatic hydroxyl groups is 1. The van der Waals surface area contributed by atoms with Crippen LogP contribution in [0.1, 0.15) is 113 Å². The van der Waals surface area contributed by atoms with Crippen molar-refractivity contribution in [2.24, 2.45) is 23.7 Å². The van der Waals surface area contributed by atoms with Gasteiger partial charge >= 0.3 is 0 Å². The smallest absolute Gasteiger partial charge is 0.120 e. The lowest BCUT2D eigenvalue weighted by Crippen LogP contribution is -2.28. The highest BCUT2D eigenvalue weighted by atomic mass is 16.3. The molecule has 0 spiro atoms. The van der Waals surface area contributed by atoms with Crippen LogP contribution in [-0.4, -0.2) is 23.8 Å². The minimum absolute atomic E-state index is 0.128. The van der Waals surface area contributed by atoms with Gasteiger partial charge in [0.2, 0.25) is 0 Å². The molecule has 1 aliphatic carbocycles. The largest absolute Gasteiger partial charge is 0.392 e. The number of allylic oxidation sites excluding steroid dienone is 4. The van der Waals surface area contributed by atoms with Gasteiger partial charge in [0.1, 0.15) is 12.6 Å². The SMILES string of the molecule is C=C(C)C1CCC(C)CC1O.CC(C)=CCCC(C)CC=O.CC(C)=CCCC(C)CC=O. The van der Waals surface area contributed by atoms with E-state index in [0.29, 0.717) is 36.5 Å². The zero-order valence-corrected chi connectivity index (χ0v) is 23.0. The number of carbonyl (C=O) groups excluding carboxylic acids is 2. The first-order valence-corrected chi connectivity index (χ1v) is 12.9. The van der Waals surface area contributed by atoms with E-state index < -0.39 is 0 Å². The van der Waals surface area contributed by atoms with Crippen molar-refractivity contribution in [1.82, 2.24) is 0 Å². The van der Waals surface area contributed by atoms with E-state index in [4.69, 9.17) is 0 Å². The zero-order chi connectivity index (χ0) is 25.8. The monoisotopic (exact) mass is 462 g/mol. The van der Waals surface area contributed by atoms with E-state index in [1.807, 2.05) is 6.92 Å². The van der Waals surface area contributed by atoms with Crippen LogP contribution in [0.3, 0.4) is 0 Å². The molecule has 33 heavy (non-hydrogen) atoms. The predicted octanol–water partition coefficient (Wildman–Crippen LogP) is 8.28. The lowest BCUT2D eigenvalue weighted by molar-refractivity contribution is -0.109. The van der Waals surface area contributed by atoms with E-state index in [-0.39, 0.29) is 6.10 Å². The minimum Gasteiger partial charge on any atom is -0.392 e. The summed E-state index contributed by atoms with van der Waals surface area (Å²) in [7, 11) is 0. The van der Waals surface area contributed by atoms with Gasteiger partial charge in [0.15, 0.2) is 0 Å². The van der Waals surface area contributed by atoms with Crippen molar-refractivity contribution < 1.29 is 14.7 Å². The first kappa shape index (κ1) is 33.7. The molecule has 0 heterocycles. The van der Waals surface area contributed by atoms with Gasteiger partial charge in [-0.1, -0.05) is 56.2 Å². The third-order valence-electron chi connectivity index (χ3n) is 6.13. The van der Waals surface area contributed by atoms with E-state index in [9.17, 15) is 14.7 Å². The second kappa shape index (κ2) is 21.1. The summed E-state index contributed by atoms with van der Waals surface area (Å²) >= 11 is 0. The van der Waals surface area contributed by atoms with E-state index in [1.165, 1.54) is 17.6 Å². The van der Waals surface area contributed by atoms with E-state index in [0.717, 1.165) is 56.7 Å². The maximum atomic E-state index is 10.1. The van der Waals surface area contributed by atoms with Gasteiger partial charge in [-0.25, -0.2) is 0 Å². The average Bonchev–Trinajstić information content (AvgIpc) is 2.68. The molecule has 3 heteroatoms. The summed E-state index contributed by atoms with van der Waals surface area (Å²) in [4.78, 5) is 20.2. The van der Waals surface area contributed by atoms with Crippen LogP contribution < -0.4 is 0 Å². The molecular weight excluding hydrogens is 408 g/mol. The number of aldehydes is 2. The summed E-state index contributed by atoms with van der Waals surface area (Å²) in [6, 6.07) is 0. The maximum absolute atomic E-state index is 10.1. The van der Waals surface area contributed by atoms with E-state index in [2.05, 4.69) is 67.2 Å². The average molecular weight is 463 g/mol. The van der Waals surface area contributed by atoms with Crippen LogP contribution in [0.5, 0.6) is 0 Å². The highest BCUT2D eigenvalue weighted by molar-refractivity contribution is 5.49. The molecule has 1 aliphatic rings. The quantitative estimate of drug-likeness (QED) is 0.248. The van der Waals surface area contributed by atoms with Crippen LogP contribution in [0.4, 0.5) is 0 Å². The molecule has 5 unspecified atom stereocenters. The van der Waals surface area contributed by atoms with Gasteiger partial charge < -0.3 is 14.7 Å². The minimum atomic E-state index is -0.128. The predicted molar refractivity (Wildman–Crippen MR) is 144 cm³/mol. The van der Waals surface area contributed by atoms with Gasteiger partial charge in [-0.15, -0.1) is 0 Å². The molecule has 1 fully saturated rings. The molecule has 0 aromatic rings. The first-order chi connectivity index (χ1) is 15.4. The van der Waals surface area contributed by atoms with Crippen LogP contribution >= 0.6 is 0 Å². The number of hydrogen-bond donors (Lipinski definition) is 1. The van der Waals surface area contributed by atoms with Crippen LogP contribution in [-0.2, 0) is 9.59 Å². The molecule has 0 aromatic heterocycles. The van der Waals surface area contributed by atoms with Crippen molar-refractivity contribution in [3.63, 3.8) is 0 Å². The van der Waals surface area contributed by atoms with Crippen LogP contribution in [0, 0.1) is 23.7 Å². The Morgan fingerprint density at radius 1 is 0.879 bits per heavy atom. The normalized spacial score (nSPS) is 21.1. The Bertz CT molecular complexity index is 545. The Kier molecular flexibility index (Phi) is 21.5.